The number of hydrogen-bond donors (Lipinski definition) is 8. The highest BCUT2D eigenvalue weighted by atomic mass is 79.9. The lowest BCUT2D eigenvalue weighted by Gasteiger charge is -2.07. The molecule has 0 aliphatic heterocycles. The van der Waals surface area contributed by atoms with Gasteiger partial charge in [0.25, 0.3) is 29.5 Å². The first kappa shape index (κ1) is 78.9. The third-order valence-corrected chi connectivity index (χ3v) is 27.3. The molecule has 0 bridgehead atoms. The number of rotatable bonds is 18. The van der Waals surface area contributed by atoms with Crippen LogP contribution in [0.3, 0.4) is 0 Å². The van der Waals surface area contributed by atoms with E-state index < -0.39 is 39.6 Å². The molecule has 5 aromatic carbocycles. The fourth-order valence-electron chi connectivity index (χ4n) is 10.1. The smallest absolute Gasteiger partial charge is 0.339 e. The Morgan fingerprint density at radius 1 is 0.381 bits per heavy atom. The molecule has 0 aliphatic carbocycles. The molecule has 13 aromatic rings. The predicted octanol–water partition coefficient (Wildman–Crippen LogP) is 22.2. The number of carboxylic acid groups (broad SMARTS) is 3. The molecule has 8 aromatic heterocycles. The summed E-state index contributed by atoms with van der Waals surface area (Å²) in [6.07, 6.45) is 0. The van der Waals surface area contributed by atoms with Gasteiger partial charge in [0.15, 0.2) is 0 Å². The molecule has 18 nitrogen and oxygen atoms in total. The third-order valence-electron chi connectivity index (χ3n) is 15.3. The molecule has 5 amide bonds. The number of carboxylic acids is 3. The van der Waals surface area contributed by atoms with Crippen molar-refractivity contribution in [2.24, 2.45) is 5.73 Å². The number of carbonyl (C=O) groups excluding carboxylic acids is 5. The van der Waals surface area contributed by atoms with Gasteiger partial charge in [0.05, 0.1) is 34.9 Å². The lowest BCUT2D eigenvalue weighted by atomic mass is 10.0. The van der Waals surface area contributed by atoms with E-state index in [1.54, 1.807) is 64.8 Å². The molecule has 0 radical (unpaired) electrons. The van der Waals surface area contributed by atoms with E-state index in [-0.39, 0.29) is 54.1 Å². The number of benzene rings is 5. The van der Waals surface area contributed by atoms with Crippen LogP contribution in [0.2, 0.25) is 0 Å². The van der Waals surface area contributed by atoms with Crippen LogP contribution in [-0.4, -0.2) is 71.2 Å². The zero-order valence-electron chi connectivity index (χ0n) is 54.7. The standard InChI is InChI=1S/C24H18BrNO5S3.C17H13BrN2O2S2.C17H12BrNO3S2.C16H10BrNO3S2/c1-13-3-9-17(10-4-13)34(30,31)19-12-32-21(14(19)2)22(27)26-23-20(24(28)29)18(11-33-23)15-5-7-16(25)8-6-15;1-9-6-7-23-14(9)16(22)20-17-13(15(19)21)12(8-24-17)10-2-4-11(18)5-3-10;1-9-6-7-23-14(9)15(20)19-16-13(17(21)22)11(8-24-16)10-4-2-3-5-12(10)18;17-11-5-2-1-4-9(11)10-8-23-15(13(10)16(20)21)18-14(19)12-6-3-7-22-12/h3-12H,1-2H3,(H,26,27)(H,28,29);2-8H,1H3,(H2,19,21)(H,20,22);2-8H,1H3,(H,19,20)(H,21,22);1-8H,(H,18,19)(H,20,21). The van der Waals surface area contributed by atoms with E-state index in [9.17, 15) is 62.1 Å². The van der Waals surface area contributed by atoms with E-state index in [4.69, 9.17) is 5.73 Å². The summed E-state index contributed by atoms with van der Waals surface area (Å²) in [5, 5.41) is 55.2. The number of aromatic carboxylic acids is 3. The Kier molecular flexibility index (Phi) is 26.4. The Morgan fingerprint density at radius 3 is 1.16 bits per heavy atom. The molecular formula is C74H53Br4N5O13S9. The monoisotopic (exact) mass is 1820 g/mol. The van der Waals surface area contributed by atoms with Gasteiger partial charge in [0.1, 0.15) is 36.7 Å². The van der Waals surface area contributed by atoms with Crippen LogP contribution in [0.25, 0.3) is 44.5 Å². The number of hydrogen-bond acceptors (Lipinski definition) is 18. The van der Waals surface area contributed by atoms with E-state index in [1.807, 2.05) is 134 Å². The second kappa shape index (κ2) is 35.2. The fourth-order valence-corrected chi connectivity index (χ4v) is 20.5. The van der Waals surface area contributed by atoms with Crippen LogP contribution in [0, 0.1) is 27.7 Å². The van der Waals surface area contributed by atoms with Gasteiger partial charge in [0.2, 0.25) is 9.84 Å². The Labute approximate surface area is 666 Å². The van der Waals surface area contributed by atoms with Crippen molar-refractivity contribution in [3.05, 3.63) is 271 Å². The highest BCUT2D eigenvalue weighted by Crippen LogP contribution is 2.43. The Hall–Kier alpha value is -8.67. The molecule has 9 N–H and O–H groups in total. The summed E-state index contributed by atoms with van der Waals surface area (Å²) in [6, 6.07) is 43.3. The first-order valence-electron chi connectivity index (χ1n) is 30.4. The molecule has 0 spiro atoms. The second-order valence-corrected chi connectivity index (χ2v) is 34.8. The summed E-state index contributed by atoms with van der Waals surface area (Å²) < 4.78 is 29.6. The molecule has 0 saturated heterocycles. The summed E-state index contributed by atoms with van der Waals surface area (Å²) in [7, 11) is -3.79. The van der Waals surface area contributed by atoms with Crippen molar-refractivity contribution in [1.29, 1.82) is 0 Å². The number of aryl methyl sites for hydroxylation is 3. The van der Waals surface area contributed by atoms with Crippen molar-refractivity contribution in [3.8, 4) is 44.5 Å². The molecule has 534 valence electrons. The Bertz CT molecular complexity index is 5560. The summed E-state index contributed by atoms with van der Waals surface area (Å²) >= 11 is 23.5. The zero-order valence-corrected chi connectivity index (χ0v) is 68.4. The highest BCUT2D eigenvalue weighted by molar-refractivity contribution is 9.11. The largest absolute Gasteiger partial charge is 0.478 e. The Morgan fingerprint density at radius 2 is 0.771 bits per heavy atom. The van der Waals surface area contributed by atoms with Crippen LogP contribution >= 0.6 is 154 Å². The van der Waals surface area contributed by atoms with E-state index in [0.29, 0.717) is 63.0 Å². The first-order chi connectivity index (χ1) is 50.1. The van der Waals surface area contributed by atoms with Crippen LogP contribution in [0.1, 0.15) is 102 Å². The van der Waals surface area contributed by atoms with Crippen LogP contribution in [0.4, 0.5) is 20.0 Å². The number of nitrogens with one attached hydrogen (secondary N) is 4. The maximum absolute atomic E-state index is 13.1. The summed E-state index contributed by atoms with van der Waals surface area (Å²) in [6.45, 7) is 7.17. The minimum atomic E-state index is -3.79. The first-order valence-corrected chi connectivity index (χ1v) is 42.1. The summed E-state index contributed by atoms with van der Waals surface area (Å²) in [4.78, 5) is 99.6. The normalized spacial score (nSPS) is 10.8. The summed E-state index contributed by atoms with van der Waals surface area (Å²) in [5.41, 5.74) is 14.6. The van der Waals surface area contributed by atoms with Gasteiger partial charge in [-0.25, -0.2) is 22.8 Å². The lowest BCUT2D eigenvalue weighted by molar-refractivity contribution is 0.0688. The number of sulfone groups is 1. The number of thiophene rings is 8. The number of nitrogens with two attached hydrogens (primary N) is 1. The van der Waals surface area contributed by atoms with Crippen LogP contribution < -0.4 is 27.0 Å². The molecule has 0 unspecified atom stereocenters. The maximum Gasteiger partial charge on any atom is 0.339 e. The topological polar surface area (TPSA) is 306 Å². The lowest BCUT2D eigenvalue weighted by Crippen LogP contribution is -2.17. The van der Waals surface area contributed by atoms with Crippen molar-refractivity contribution in [2.45, 2.75) is 37.5 Å². The number of primary amides is 1. The summed E-state index contributed by atoms with van der Waals surface area (Å²) in [5.74, 6) is -5.24. The van der Waals surface area contributed by atoms with Gasteiger partial charge >= 0.3 is 17.9 Å². The van der Waals surface area contributed by atoms with Gasteiger partial charge in [-0.15, -0.1) is 90.7 Å². The van der Waals surface area contributed by atoms with Crippen LogP contribution in [-0.2, 0) is 9.84 Å². The van der Waals surface area contributed by atoms with Crippen molar-refractivity contribution in [1.82, 2.24) is 0 Å². The maximum atomic E-state index is 13.1. The van der Waals surface area contributed by atoms with E-state index in [1.165, 1.54) is 85.5 Å². The van der Waals surface area contributed by atoms with Crippen molar-refractivity contribution >= 4 is 232 Å². The number of halogens is 4. The molecule has 0 atom stereocenters. The van der Waals surface area contributed by atoms with E-state index in [2.05, 4.69) is 85.0 Å². The molecule has 0 saturated carbocycles. The minimum Gasteiger partial charge on any atom is -0.478 e. The van der Waals surface area contributed by atoms with Gasteiger partial charge in [-0.3, -0.25) is 24.0 Å². The van der Waals surface area contributed by atoms with Gasteiger partial charge in [-0.1, -0.05) is 148 Å². The van der Waals surface area contributed by atoms with Crippen molar-refractivity contribution in [2.75, 3.05) is 21.3 Å². The van der Waals surface area contributed by atoms with Crippen LogP contribution in [0.5, 0.6) is 0 Å². The van der Waals surface area contributed by atoms with Crippen LogP contribution in [0.15, 0.2) is 216 Å². The van der Waals surface area contributed by atoms with Crippen molar-refractivity contribution in [3.63, 3.8) is 0 Å². The number of carbonyl (C=O) groups is 8. The van der Waals surface area contributed by atoms with Gasteiger partial charge in [-0.2, -0.15) is 0 Å². The molecule has 13 rings (SSSR count). The SMILES string of the molecule is Cc1ccc(S(=O)(=O)c2csc(C(=O)Nc3scc(-c4ccc(Br)cc4)c3C(=O)O)c2C)cc1.Cc1ccsc1C(=O)Nc1scc(-c2ccc(Br)cc2)c1C(N)=O.Cc1ccsc1C(=O)Nc1scc(-c2ccccc2Br)c1C(=O)O.O=C(Nc1scc(-c2ccccc2Br)c1C(=O)O)c1cccs1. The predicted molar refractivity (Wildman–Crippen MR) is 439 cm³/mol. The number of amides is 5. The molecule has 0 aliphatic rings. The quantitative estimate of drug-likeness (QED) is 0.0397. The average molecular weight is 1830 g/mol. The van der Waals surface area contributed by atoms with Gasteiger partial charge in [0, 0.05) is 67.0 Å². The molecule has 105 heavy (non-hydrogen) atoms. The van der Waals surface area contributed by atoms with Gasteiger partial charge in [-0.05, 0) is 150 Å². The molecule has 0 fully saturated rings. The third kappa shape index (κ3) is 18.6. The molecular weight excluding hydrogens is 1780 g/mol. The number of anilines is 4. The fraction of sp³-hybridized carbons (Fsp3) is 0.0541. The highest BCUT2D eigenvalue weighted by Gasteiger charge is 2.30. The molecule has 8 heterocycles. The molecule has 31 heteroatoms. The van der Waals surface area contributed by atoms with E-state index >= 15 is 0 Å². The van der Waals surface area contributed by atoms with Crippen molar-refractivity contribution < 1.29 is 62.1 Å². The Balaban J connectivity index is 0.000000152. The average Bonchev–Trinajstić information content (AvgIpc) is 1.68. The minimum absolute atomic E-state index is 0.0117. The zero-order chi connectivity index (χ0) is 75.6. The second-order valence-electron chi connectivity index (χ2n) is 22.2. The van der Waals surface area contributed by atoms with Gasteiger partial charge < -0.3 is 42.3 Å². The van der Waals surface area contributed by atoms with E-state index in [0.717, 1.165) is 79.5 Å².